The number of carbonyl (C=O) groups excluding carboxylic acids is 1. The van der Waals surface area contributed by atoms with Crippen LogP contribution in [0.15, 0.2) is 42.5 Å². The lowest BCUT2D eigenvalue weighted by atomic mass is 10.1. The maximum absolute atomic E-state index is 12.4. The van der Waals surface area contributed by atoms with Crippen molar-refractivity contribution >= 4 is 35.0 Å². The van der Waals surface area contributed by atoms with Gasteiger partial charge in [-0.1, -0.05) is 18.6 Å². The number of nitrogens with one attached hydrogen (secondary N) is 1. The number of imidazole rings is 1. The fourth-order valence-electron chi connectivity index (χ4n) is 3.42. The number of benzene rings is 2. The van der Waals surface area contributed by atoms with E-state index in [-0.39, 0.29) is 18.3 Å². The van der Waals surface area contributed by atoms with Crippen molar-refractivity contribution in [1.29, 1.82) is 0 Å². The second-order valence-corrected chi connectivity index (χ2v) is 6.55. The lowest BCUT2D eigenvalue weighted by Gasteiger charge is -2.07. The third-order valence-electron chi connectivity index (χ3n) is 4.82. The van der Waals surface area contributed by atoms with Gasteiger partial charge in [0.15, 0.2) is 0 Å². The van der Waals surface area contributed by atoms with Crippen LogP contribution in [0.25, 0.3) is 11.0 Å². The number of hydrogen-bond donors (Lipinski definition) is 2. The van der Waals surface area contributed by atoms with E-state index in [9.17, 15) is 4.79 Å². The predicted molar refractivity (Wildman–Crippen MR) is 107 cm³/mol. The van der Waals surface area contributed by atoms with E-state index in [1.54, 1.807) is 12.1 Å². The Hall–Kier alpha value is -2.37. The Bertz CT molecular complexity index is 917. The fraction of sp³-hybridized carbons (Fsp3) is 0.300. The van der Waals surface area contributed by atoms with Crippen LogP contribution < -0.4 is 11.1 Å². The molecular weight excluding hydrogens is 348 g/mol. The lowest BCUT2D eigenvalue weighted by Crippen LogP contribution is -2.12. The SMILES string of the molecule is Cl.NCc1ccc(C(=O)Nc2ccc3c(c2)nc2n3CCCCC2)cc1. The molecule has 2 aromatic carbocycles. The van der Waals surface area contributed by atoms with Crippen LogP contribution in [-0.4, -0.2) is 15.5 Å². The van der Waals surface area contributed by atoms with E-state index >= 15 is 0 Å². The number of nitrogens with two attached hydrogens (primary N) is 1. The summed E-state index contributed by atoms with van der Waals surface area (Å²) in [6.45, 7) is 1.51. The molecule has 2 heterocycles. The summed E-state index contributed by atoms with van der Waals surface area (Å²) in [5.41, 5.74) is 10.1. The van der Waals surface area contributed by atoms with Gasteiger partial charge in [0.1, 0.15) is 5.82 Å². The highest BCUT2D eigenvalue weighted by Gasteiger charge is 2.14. The van der Waals surface area contributed by atoms with Crippen LogP contribution in [0.4, 0.5) is 5.69 Å². The van der Waals surface area contributed by atoms with Gasteiger partial charge in [-0.15, -0.1) is 12.4 Å². The van der Waals surface area contributed by atoms with E-state index in [1.807, 2.05) is 24.3 Å². The van der Waals surface area contributed by atoms with Crippen molar-refractivity contribution in [2.75, 3.05) is 5.32 Å². The summed E-state index contributed by atoms with van der Waals surface area (Å²) >= 11 is 0. The first kappa shape index (κ1) is 18.4. The van der Waals surface area contributed by atoms with Crippen molar-refractivity contribution in [2.24, 2.45) is 5.73 Å². The normalized spacial score (nSPS) is 13.6. The molecule has 0 atom stereocenters. The Morgan fingerprint density at radius 1 is 1.12 bits per heavy atom. The fourth-order valence-corrected chi connectivity index (χ4v) is 3.42. The molecule has 0 spiro atoms. The highest BCUT2D eigenvalue weighted by molar-refractivity contribution is 6.05. The molecule has 0 saturated heterocycles. The van der Waals surface area contributed by atoms with Crippen LogP contribution in [0.1, 0.15) is 41.0 Å². The molecule has 6 heteroatoms. The molecule has 1 aliphatic heterocycles. The van der Waals surface area contributed by atoms with Crippen LogP contribution in [-0.2, 0) is 19.5 Å². The van der Waals surface area contributed by atoms with E-state index in [1.165, 1.54) is 19.3 Å². The number of amides is 1. The zero-order valence-corrected chi connectivity index (χ0v) is 15.4. The number of rotatable bonds is 3. The summed E-state index contributed by atoms with van der Waals surface area (Å²) in [6, 6.07) is 13.3. The van der Waals surface area contributed by atoms with Crippen molar-refractivity contribution < 1.29 is 4.79 Å². The summed E-state index contributed by atoms with van der Waals surface area (Å²) in [6.07, 6.45) is 4.70. The highest BCUT2D eigenvalue weighted by atomic mass is 35.5. The number of fused-ring (bicyclic) bond motifs is 3. The van der Waals surface area contributed by atoms with Crippen molar-refractivity contribution in [3.63, 3.8) is 0 Å². The molecule has 1 aromatic heterocycles. The molecule has 0 bridgehead atoms. The summed E-state index contributed by atoms with van der Waals surface area (Å²) in [5.74, 6) is 1.04. The van der Waals surface area contributed by atoms with Gasteiger partial charge in [-0.2, -0.15) is 0 Å². The van der Waals surface area contributed by atoms with E-state index < -0.39 is 0 Å². The lowest BCUT2D eigenvalue weighted by molar-refractivity contribution is 0.102. The number of hydrogen-bond acceptors (Lipinski definition) is 3. The number of aryl methyl sites for hydroxylation is 2. The smallest absolute Gasteiger partial charge is 0.255 e. The summed E-state index contributed by atoms with van der Waals surface area (Å²) in [5, 5.41) is 2.96. The summed E-state index contributed by atoms with van der Waals surface area (Å²) in [7, 11) is 0. The molecule has 136 valence electrons. The van der Waals surface area contributed by atoms with Gasteiger partial charge in [0.05, 0.1) is 11.0 Å². The number of carbonyl (C=O) groups is 1. The van der Waals surface area contributed by atoms with E-state index in [4.69, 9.17) is 10.7 Å². The first-order valence-electron chi connectivity index (χ1n) is 8.84. The second kappa shape index (κ2) is 7.89. The van der Waals surface area contributed by atoms with E-state index in [2.05, 4.69) is 16.0 Å². The molecule has 1 amide bonds. The Kier molecular flexibility index (Phi) is 5.59. The average molecular weight is 371 g/mol. The van der Waals surface area contributed by atoms with Crippen molar-refractivity contribution in [3.05, 3.63) is 59.4 Å². The van der Waals surface area contributed by atoms with Crippen LogP contribution in [0.5, 0.6) is 0 Å². The van der Waals surface area contributed by atoms with E-state index in [0.717, 1.165) is 41.1 Å². The van der Waals surface area contributed by atoms with Crippen molar-refractivity contribution in [3.8, 4) is 0 Å². The highest BCUT2D eigenvalue weighted by Crippen LogP contribution is 2.24. The van der Waals surface area contributed by atoms with Crippen LogP contribution >= 0.6 is 12.4 Å². The van der Waals surface area contributed by atoms with Crippen molar-refractivity contribution in [2.45, 2.75) is 38.8 Å². The van der Waals surface area contributed by atoms with Crippen LogP contribution in [0, 0.1) is 0 Å². The third-order valence-corrected chi connectivity index (χ3v) is 4.82. The monoisotopic (exact) mass is 370 g/mol. The maximum atomic E-state index is 12.4. The van der Waals surface area contributed by atoms with Gasteiger partial charge in [-0.25, -0.2) is 4.98 Å². The Balaban J connectivity index is 0.00000196. The van der Waals surface area contributed by atoms with Gasteiger partial charge in [0.2, 0.25) is 0 Å². The van der Waals surface area contributed by atoms with Gasteiger partial charge in [0.25, 0.3) is 5.91 Å². The summed E-state index contributed by atoms with van der Waals surface area (Å²) < 4.78 is 2.32. The number of aromatic nitrogens is 2. The average Bonchev–Trinajstić information content (AvgIpc) is 2.82. The van der Waals surface area contributed by atoms with Gasteiger partial charge in [-0.05, 0) is 48.7 Å². The van der Waals surface area contributed by atoms with Crippen molar-refractivity contribution in [1.82, 2.24) is 9.55 Å². The summed E-state index contributed by atoms with van der Waals surface area (Å²) in [4.78, 5) is 17.2. The molecule has 0 unspecified atom stereocenters. The molecular formula is C20H23ClN4O. The minimum Gasteiger partial charge on any atom is -0.328 e. The molecule has 1 aliphatic rings. The molecule has 0 aliphatic carbocycles. The minimum atomic E-state index is -0.122. The number of halogens is 1. The molecule has 0 saturated carbocycles. The molecule has 4 rings (SSSR count). The molecule has 3 aromatic rings. The van der Waals surface area contributed by atoms with Gasteiger partial charge in [0, 0.05) is 30.8 Å². The Morgan fingerprint density at radius 2 is 1.92 bits per heavy atom. The molecule has 0 fully saturated rings. The number of anilines is 1. The first-order chi connectivity index (χ1) is 12.2. The number of nitrogens with zero attached hydrogens (tertiary/aromatic N) is 2. The van der Waals surface area contributed by atoms with E-state index in [0.29, 0.717) is 12.1 Å². The Labute approximate surface area is 159 Å². The largest absolute Gasteiger partial charge is 0.328 e. The van der Waals surface area contributed by atoms with Gasteiger partial charge in [-0.3, -0.25) is 4.79 Å². The Morgan fingerprint density at radius 3 is 2.69 bits per heavy atom. The van der Waals surface area contributed by atoms with Gasteiger partial charge >= 0.3 is 0 Å². The quantitative estimate of drug-likeness (QED) is 0.734. The molecule has 26 heavy (non-hydrogen) atoms. The third kappa shape index (κ3) is 3.59. The van der Waals surface area contributed by atoms with Crippen LogP contribution in [0.3, 0.4) is 0 Å². The topological polar surface area (TPSA) is 72.9 Å². The van der Waals surface area contributed by atoms with Gasteiger partial charge < -0.3 is 15.6 Å². The molecule has 0 radical (unpaired) electrons. The zero-order valence-electron chi connectivity index (χ0n) is 14.6. The standard InChI is InChI=1S/C20H22N4O.ClH/c21-13-14-5-7-15(8-6-14)20(25)22-16-9-10-18-17(12-16)23-19-4-2-1-3-11-24(18)19;/h5-10,12H,1-4,11,13,21H2,(H,22,25);1H. The predicted octanol–water partition coefficient (Wildman–Crippen LogP) is 3.90. The molecule has 3 N–H and O–H groups in total. The zero-order chi connectivity index (χ0) is 17.2. The second-order valence-electron chi connectivity index (χ2n) is 6.55. The molecule has 5 nitrogen and oxygen atoms in total. The maximum Gasteiger partial charge on any atom is 0.255 e. The van der Waals surface area contributed by atoms with Crippen LogP contribution in [0.2, 0.25) is 0 Å². The minimum absolute atomic E-state index is 0. The first-order valence-corrected chi connectivity index (χ1v) is 8.84.